The van der Waals surface area contributed by atoms with Gasteiger partial charge < -0.3 is 9.63 Å². The molecule has 0 aliphatic heterocycles. The summed E-state index contributed by atoms with van der Waals surface area (Å²) in [5, 5.41) is 13.9. The molecule has 1 heterocycles. The van der Waals surface area contributed by atoms with Gasteiger partial charge >= 0.3 is 0 Å². The van der Waals surface area contributed by atoms with Gasteiger partial charge in [-0.25, -0.2) is 0 Å². The molecule has 1 N–H and O–H groups in total. The quantitative estimate of drug-likeness (QED) is 0.842. The van der Waals surface area contributed by atoms with Crippen molar-refractivity contribution in [2.45, 2.75) is 31.9 Å². The van der Waals surface area contributed by atoms with Crippen LogP contribution in [0.5, 0.6) is 0 Å². The van der Waals surface area contributed by atoms with Gasteiger partial charge in [-0.05, 0) is 31.4 Å². The SMILES string of the molecule is CN(Cc1nc(Cc2ccccc2)no1)CC(O)C1CC1. The number of hydrogen-bond acceptors (Lipinski definition) is 5. The van der Waals surface area contributed by atoms with Gasteiger partial charge in [-0.15, -0.1) is 0 Å². The number of hydrogen-bond donors (Lipinski definition) is 1. The van der Waals surface area contributed by atoms with Gasteiger partial charge in [0.1, 0.15) is 0 Å². The average Bonchev–Trinajstić information content (AvgIpc) is 3.23. The lowest BCUT2D eigenvalue weighted by atomic mass is 10.1. The monoisotopic (exact) mass is 287 g/mol. The van der Waals surface area contributed by atoms with Crippen molar-refractivity contribution in [3.8, 4) is 0 Å². The first-order valence-corrected chi connectivity index (χ1v) is 7.42. The Labute approximate surface area is 124 Å². The first-order chi connectivity index (χ1) is 10.2. The molecule has 0 saturated heterocycles. The first-order valence-electron chi connectivity index (χ1n) is 7.42. The zero-order valence-corrected chi connectivity index (χ0v) is 12.3. The molecule has 1 aliphatic rings. The van der Waals surface area contributed by atoms with Crippen LogP contribution < -0.4 is 0 Å². The van der Waals surface area contributed by atoms with E-state index < -0.39 is 0 Å². The highest BCUT2D eigenvalue weighted by Gasteiger charge is 2.30. The van der Waals surface area contributed by atoms with Gasteiger partial charge in [-0.1, -0.05) is 35.5 Å². The van der Waals surface area contributed by atoms with Crippen molar-refractivity contribution < 1.29 is 9.63 Å². The molecular weight excluding hydrogens is 266 g/mol. The Morgan fingerprint density at radius 1 is 1.33 bits per heavy atom. The van der Waals surface area contributed by atoms with Crippen molar-refractivity contribution >= 4 is 0 Å². The molecule has 5 heteroatoms. The van der Waals surface area contributed by atoms with Crippen molar-refractivity contribution in [1.29, 1.82) is 0 Å². The minimum atomic E-state index is -0.235. The molecule has 0 amide bonds. The lowest BCUT2D eigenvalue weighted by molar-refractivity contribution is 0.0992. The second-order valence-corrected chi connectivity index (χ2v) is 5.87. The van der Waals surface area contributed by atoms with Crippen LogP contribution in [0.1, 0.15) is 30.1 Å². The van der Waals surface area contributed by atoms with Gasteiger partial charge in [0.25, 0.3) is 0 Å². The number of likely N-dealkylation sites (N-methyl/N-ethyl adjacent to an activating group) is 1. The Morgan fingerprint density at radius 2 is 2.10 bits per heavy atom. The molecule has 1 saturated carbocycles. The molecule has 5 nitrogen and oxygen atoms in total. The molecule has 1 aromatic carbocycles. The molecule has 1 aromatic heterocycles. The molecule has 1 atom stereocenters. The molecule has 2 aromatic rings. The maximum absolute atomic E-state index is 9.93. The van der Waals surface area contributed by atoms with Crippen LogP contribution in [0.15, 0.2) is 34.9 Å². The van der Waals surface area contributed by atoms with E-state index in [4.69, 9.17) is 4.52 Å². The maximum Gasteiger partial charge on any atom is 0.240 e. The largest absolute Gasteiger partial charge is 0.392 e. The van der Waals surface area contributed by atoms with Crippen LogP contribution in [0.25, 0.3) is 0 Å². The van der Waals surface area contributed by atoms with Crippen molar-refractivity contribution in [3.05, 3.63) is 47.6 Å². The summed E-state index contributed by atoms with van der Waals surface area (Å²) in [6.45, 7) is 1.23. The summed E-state index contributed by atoms with van der Waals surface area (Å²) in [5.74, 6) is 1.79. The minimum absolute atomic E-state index is 0.235. The third-order valence-electron chi connectivity index (χ3n) is 3.79. The van der Waals surface area contributed by atoms with Crippen LogP contribution in [-0.2, 0) is 13.0 Å². The highest BCUT2D eigenvalue weighted by atomic mass is 16.5. The summed E-state index contributed by atoms with van der Waals surface area (Å²) in [4.78, 5) is 6.44. The summed E-state index contributed by atoms with van der Waals surface area (Å²) in [7, 11) is 1.96. The number of aromatic nitrogens is 2. The van der Waals surface area contributed by atoms with Crippen molar-refractivity contribution in [2.24, 2.45) is 5.92 Å². The lowest BCUT2D eigenvalue weighted by Gasteiger charge is -2.18. The molecule has 1 aliphatic carbocycles. The van der Waals surface area contributed by atoms with Gasteiger partial charge in [0, 0.05) is 13.0 Å². The van der Waals surface area contributed by atoms with E-state index in [0.29, 0.717) is 37.1 Å². The molecule has 112 valence electrons. The Hall–Kier alpha value is -1.72. The fourth-order valence-electron chi connectivity index (χ4n) is 2.45. The molecule has 1 unspecified atom stereocenters. The third-order valence-corrected chi connectivity index (χ3v) is 3.79. The Kier molecular flexibility index (Phi) is 4.31. The highest BCUT2D eigenvalue weighted by Crippen LogP contribution is 2.32. The number of nitrogens with zero attached hydrogens (tertiary/aromatic N) is 3. The first kappa shape index (κ1) is 14.2. The Balaban J connectivity index is 1.52. The van der Waals surface area contributed by atoms with Crippen LogP contribution in [0, 0.1) is 5.92 Å². The van der Waals surface area contributed by atoms with Gasteiger partial charge in [0.05, 0.1) is 12.6 Å². The van der Waals surface area contributed by atoms with Crippen LogP contribution in [0.4, 0.5) is 0 Å². The molecule has 0 radical (unpaired) electrons. The fraction of sp³-hybridized carbons (Fsp3) is 0.500. The standard InChI is InChI=1S/C16H21N3O2/c1-19(10-14(20)13-7-8-13)11-16-17-15(18-21-16)9-12-5-3-2-4-6-12/h2-6,13-14,20H,7-11H2,1H3. The van der Waals surface area contributed by atoms with E-state index in [1.807, 2.05) is 42.3 Å². The summed E-state index contributed by atoms with van der Waals surface area (Å²) < 4.78 is 5.28. The van der Waals surface area contributed by atoms with E-state index in [2.05, 4.69) is 10.1 Å². The van der Waals surface area contributed by atoms with Crippen LogP contribution in [0.2, 0.25) is 0 Å². The zero-order chi connectivity index (χ0) is 14.7. The van der Waals surface area contributed by atoms with Gasteiger partial charge in [0.2, 0.25) is 5.89 Å². The number of benzene rings is 1. The molecule has 1 fully saturated rings. The third kappa shape index (κ3) is 4.12. The number of aliphatic hydroxyl groups is 1. The molecule has 0 spiro atoms. The predicted molar refractivity (Wildman–Crippen MR) is 78.6 cm³/mol. The lowest BCUT2D eigenvalue weighted by Crippen LogP contribution is -2.30. The van der Waals surface area contributed by atoms with E-state index in [-0.39, 0.29) is 6.10 Å². The topological polar surface area (TPSA) is 62.4 Å². The highest BCUT2D eigenvalue weighted by molar-refractivity contribution is 5.18. The van der Waals surface area contributed by atoms with Crippen LogP contribution >= 0.6 is 0 Å². The van der Waals surface area contributed by atoms with Crippen molar-refractivity contribution in [2.75, 3.05) is 13.6 Å². The molecular formula is C16H21N3O2. The zero-order valence-electron chi connectivity index (χ0n) is 12.3. The van der Waals surface area contributed by atoms with E-state index in [9.17, 15) is 5.11 Å². The second-order valence-electron chi connectivity index (χ2n) is 5.87. The Bertz CT molecular complexity index is 566. The molecule has 3 rings (SSSR count). The smallest absolute Gasteiger partial charge is 0.240 e. The van der Waals surface area contributed by atoms with Crippen LogP contribution in [0.3, 0.4) is 0 Å². The average molecular weight is 287 g/mol. The summed E-state index contributed by atoms with van der Waals surface area (Å²) in [6.07, 6.45) is 2.74. The van der Waals surface area contributed by atoms with Gasteiger partial charge in [-0.3, -0.25) is 4.90 Å². The predicted octanol–water partition coefficient (Wildman–Crippen LogP) is 1.86. The van der Waals surface area contributed by atoms with E-state index in [0.717, 1.165) is 12.8 Å². The molecule has 0 bridgehead atoms. The fourth-order valence-corrected chi connectivity index (χ4v) is 2.45. The van der Waals surface area contributed by atoms with Crippen molar-refractivity contribution in [1.82, 2.24) is 15.0 Å². The van der Waals surface area contributed by atoms with Crippen LogP contribution in [-0.4, -0.2) is 39.8 Å². The minimum Gasteiger partial charge on any atom is -0.392 e. The number of aliphatic hydroxyl groups excluding tert-OH is 1. The summed E-state index contributed by atoms with van der Waals surface area (Å²) in [5.41, 5.74) is 1.17. The number of rotatable bonds is 7. The van der Waals surface area contributed by atoms with E-state index in [1.165, 1.54) is 5.56 Å². The van der Waals surface area contributed by atoms with Gasteiger partial charge in [-0.2, -0.15) is 4.98 Å². The van der Waals surface area contributed by atoms with E-state index in [1.54, 1.807) is 0 Å². The Morgan fingerprint density at radius 3 is 2.81 bits per heavy atom. The van der Waals surface area contributed by atoms with Crippen molar-refractivity contribution in [3.63, 3.8) is 0 Å². The maximum atomic E-state index is 9.93. The normalized spacial score (nSPS) is 16.3. The summed E-state index contributed by atoms with van der Waals surface area (Å²) >= 11 is 0. The van der Waals surface area contributed by atoms with E-state index >= 15 is 0 Å². The second kappa shape index (κ2) is 6.37. The van der Waals surface area contributed by atoms with Gasteiger partial charge in [0.15, 0.2) is 5.82 Å². The summed E-state index contributed by atoms with van der Waals surface area (Å²) in [6, 6.07) is 10.1. The molecule has 21 heavy (non-hydrogen) atoms.